The first-order chi connectivity index (χ1) is 26.6. The molecule has 324 valence electrons. The Bertz CT molecular complexity index is 978. The fourth-order valence-electron chi connectivity index (χ4n) is 6.21. The molecule has 0 aromatic carbocycles. The highest BCUT2D eigenvalue weighted by Crippen LogP contribution is 2.43. The summed E-state index contributed by atoms with van der Waals surface area (Å²) in [5.74, 6) is -0.317. The Morgan fingerprint density at radius 1 is 0.582 bits per heavy atom. The van der Waals surface area contributed by atoms with E-state index in [0.717, 1.165) is 57.8 Å². The number of quaternary nitrogens is 1. The predicted octanol–water partition coefficient (Wildman–Crippen LogP) is 13.4. The van der Waals surface area contributed by atoms with Gasteiger partial charge in [-0.15, -0.1) is 0 Å². The quantitative estimate of drug-likeness (QED) is 0.0216. The first-order valence-electron chi connectivity index (χ1n) is 22.7. The normalized spacial score (nSPS) is 14.1. The molecular formula is C46H89NO7P+. The van der Waals surface area contributed by atoms with Gasteiger partial charge in [0.2, 0.25) is 0 Å². The summed E-state index contributed by atoms with van der Waals surface area (Å²) in [6.07, 6.45) is 46.0. The van der Waals surface area contributed by atoms with Crippen LogP contribution in [0.1, 0.15) is 194 Å². The zero-order valence-electron chi connectivity index (χ0n) is 36.7. The van der Waals surface area contributed by atoms with E-state index in [9.17, 15) is 14.3 Å². The van der Waals surface area contributed by atoms with Gasteiger partial charge in [-0.1, -0.05) is 179 Å². The molecule has 0 aromatic heterocycles. The Morgan fingerprint density at radius 2 is 1.05 bits per heavy atom. The standard InChI is InChI=1S/C46H88NO7P/c1-6-8-10-12-14-16-18-20-22-24-25-27-29-31-33-35-37-39-46(48)54-45(44-53-55(49,50)52-42-40-47(3,4)5)43-51-41-38-36-34-32-30-28-26-23-21-19-17-15-13-11-9-7-2/h9,11,15,17,21,23,45H,6-8,10,12-14,16,18-20,22,24-44H2,1-5H3/p+1/b11-9-,17-15-,23-21-. The Morgan fingerprint density at radius 3 is 1.58 bits per heavy atom. The number of phosphoric acid groups is 1. The highest BCUT2D eigenvalue weighted by atomic mass is 31.2. The van der Waals surface area contributed by atoms with Crippen molar-refractivity contribution in [1.29, 1.82) is 0 Å². The zero-order chi connectivity index (χ0) is 40.6. The van der Waals surface area contributed by atoms with Crippen LogP contribution in [0, 0.1) is 0 Å². The molecule has 8 nitrogen and oxygen atoms in total. The molecule has 0 aliphatic carbocycles. The number of hydrogen-bond donors (Lipinski definition) is 1. The number of allylic oxidation sites excluding steroid dienone is 6. The van der Waals surface area contributed by atoms with Crippen molar-refractivity contribution in [2.45, 2.75) is 200 Å². The summed E-state index contributed by atoms with van der Waals surface area (Å²) < 4.78 is 35.0. The molecule has 0 spiro atoms. The SMILES string of the molecule is CC/C=C\C/C=C\C/C=C\CCCCCCCCOCC(COP(=O)(O)OCC[N+](C)(C)C)OC(=O)CCCCCCCCCCCCCCCCCCC. The van der Waals surface area contributed by atoms with Crippen LogP contribution in [0.5, 0.6) is 0 Å². The second-order valence-electron chi connectivity index (χ2n) is 16.4. The Balaban J connectivity index is 4.21. The van der Waals surface area contributed by atoms with Crippen molar-refractivity contribution in [1.82, 2.24) is 0 Å². The minimum absolute atomic E-state index is 0.0866. The number of rotatable bonds is 42. The van der Waals surface area contributed by atoms with Crippen molar-refractivity contribution in [3.8, 4) is 0 Å². The zero-order valence-corrected chi connectivity index (χ0v) is 37.6. The van der Waals surface area contributed by atoms with Gasteiger partial charge in [0.05, 0.1) is 34.4 Å². The summed E-state index contributed by atoms with van der Waals surface area (Å²) in [5, 5.41) is 0. The third-order valence-corrected chi connectivity index (χ3v) is 10.7. The summed E-state index contributed by atoms with van der Waals surface area (Å²) >= 11 is 0. The van der Waals surface area contributed by atoms with Crippen LogP contribution in [-0.4, -0.2) is 75.6 Å². The van der Waals surface area contributed by atoms with E-state index < -0.39 is 13.9 Å². The number of carbonyl (C=O) groups is 1. The maximum Gasteiger partial charge on any atom is 0.472 e. The second-order valence-corrected chi connectivity index (χ2v) is 17.9. The largest absolute Gasteiger partial charge is 0.472 e. The number of phosphoric ester groups is 1. The maximum absolute atomic E-state index is 12.7. The molecule has 2 atom stereocenters. The van der Waals surface area contributed by atoms with E-state index in [1.165, 1.54) is 116 Å². The number of unbranched alkanes of at least 4 members (excludes halogenated alkanes) is 22. The lowest BCUT2D eigenvalue weighted by Gasteiger charge is -2.24. The van der Waals surface area contributed by atoms with E-state index >= 15 is 0 Å². The lowest BCUT2D eigenvalue weighted by Crippen LogP contribution is -2.37. The molecule has 1 N–H and O–H groups in total. The summed E-state index contributed by atoms with van der Waals surface area (Å²) in [6, 6.07) is 0. The third kappa shape index (κ3) is 43.7. The summed E-state index contributed by atoms with van der Waals surface area (Å²) in [7, 11) is 1.66. The van der Waals surface area contributed by atoms with Crippen molar-refractivity contribution in [2.24, 2.45) is 0 Å². The van der Waals surface area contributed by atoms with Gasteiger partial charge in [-0.2, -0.15) is 0 Å². The Labute approximate surface area is 340 Å². The van der Waals surface area contributed by atoms with Gasteiger partial charge in [0, 0.05) is 13.0 Å². The third-order valence-electron chi connectivity index (χ3n) is 9.72. The Kier molecular flexibility index (Phi) is 38.6. The van der Waals surface area contributed by atoms with Crippen LogP contribution < -0.4 is 0 Å². The molecule has 0 bridgehead atoms. The van der Waals surface area contributed by atoms with E-state index in [1.807, 2.05) is 21.1 Å². The van der Waals surface area contributed by atoms with Crippen LogP contribution in [-0.2, 0) is 27.9 Å². The van der Waals surface area contributed by atoms with Gasteiger partial charge in [-0.05, 0) is 44.9 Å². The molecule has 0 rings (SSSR count). The number of likely N-dealkylation sites (N-methyl/N-ethyl adjacent to an activating group) is 1. The maximum atomic E-state index is 12.7. The van der Waals surface area contributed by atoms with Crippen molar-refractivity contribution in [2.75, 3.05) is 54.1 Å². The van der Waals surface area contributed by atoms with Crippen molar-refractivity contribution < 1.29 is 37.3 Å². The first-order valence-corrected chi connectivity index (χ1v) is 24.2. The fraction of sp³-hybridized carbons (Fsp3) is 0.848. The first kappa shape index (κ1) is 53.7. The smallest absolute Gasteiger partial charge is 0.457 e. The van der Waals surface area contributed by atoms with Crippen LogP contribution in [0.25, 0.3) is 0 Å². The van der Waals surface area contributed by atoms with E-state index in [4.69, 9.17) is 18.5 Å². The summed E-state index contributed by atoms with van der Waals surface area (Å²) in [5.41, 5.74) is 0. The molecule has 0 saturated carbocycles. The highest BCUT2D eigenvalue weighted by molar-refractivity contribution is 7.47. The number of nitrogens with zero attached hydrogens (tertiary/aromatic N) is 1. The van der Waals surface area contributed by atoms with Gasteiger partial charge < -0.3 is 18.9 Å². The van der Waals surface area contributed by atoms with Gasteiger partial charge in [0.1, 0.15) is 19.3 Å². The minimum Gasteiger partial charge on any atom is -0.457 e. The number of carbonyl (C=O) groups excluding carboxylic acids is 1. The average Bonchev–Trinajstić information content (AvgIpc) is 3.13. The van der Waals surface area contributed by atoms with Crippen molar-refractivity contribution in [3.63, 3.8) is 0 Å². The van der Waals surface area contributed by atoms with Gasteiger partial charge in [0.25, 0.3) is 0 Å². The van der Waals surface area contributed by atoms with Crippen LogP contribution in [0.2, 0.25) is 0 Å². The molecule has 2 unspecified atom stereocenters. The lowest BCUT2D eigenvalue weighted by atomic mass is 10.0. The molecule has 0 saturated heterocycles. The Hall–Kier alpha value is -1.28. The fourth-order valence-corrected chi connectivity index (χ4v) is 6.96. The number of ether oxygens (including phenoxy) is 2. The van der Waals surface area contributed by atoms with E-state index in [2.05, 4.69) is 50.3 Å². The average molecular weight is 799 g/mol. The van der Waals surface area contributed by atoms with E-state index in [1.54, 1.807) is 0 Å². The molecule has 0 amide bonds. The molecule has 0 aromatic rings. The minimum atomic E-state index is -4.28. The van der Waals surface area contributed by atoms with Gasteiger partial charge >= 0.3 is 13.8 Å². The monoisotopic (exact) mass is 799 g/mol. The van der Waals surface area contributed by atoms with Crippen LogP contribution in [0.4, 0.5) is 0 Å². The van der Waals surface area contributed by atoms with Crippen molar-refractivity contribution >= 4 is 13.8 Å². The number of esters is 1. The van der Waals surface area contributed by atoms with E-state index in [-0.39, 0.29) is 25.8 Å². The van der Waals surface area contributed by atoms with Crippen LogP contribution >= 0.6 is 7.82 Å². The summed E-state index contributed by atoms with van der Waals surface area (Å²) in [4.78, 5) is 22.9. The predicted molar refractivity (Wildman–Crippen MR) is 233 cm³/mol. The molecule has 0 aliphatic rings. The topological polar surface area (TPSA) is 91.3 Å². The van der Waals surface area contributed by atoms with Gasteiger partial charge in [-0.3, -0.25) is 13.8 Å². The molecule has 55 heavy (non-hydrogen) atoms. The van der Waals surface area contributed by atoms with Gasteiger partial charge in [-0.25, -0.2) is 4.57 Å². The number of hydrogen-bond acceptors (Lipinski definition) is 6. The molecule has 0 heterocycles. The van der Waals surface area contributed by atoms with E-state index in [0.29, 0.717) is 24.1 Å². The molecule has 0 radical (unpaired) electrons. The van der Waals surface area contributed by atoms with Crippen LogP contribution in [0.15, 0.2) is 36.5 Å². The van der Waals surface area contributed by atoms with Crippen LogP contribution in [0.3, 0.4) is 0 Å². The lowest BCUT2D eigenvalue weighted by molar-refractivity contribution is -0.870. The van der Waals surface area contributed by atoms with Crippen molar-refractivity contribution in [3.05, 3.63) is 36.5 Å². The molecular weight excluding hydrogens is 709 g/mol. The summed E-state index contributed by atoms with van der Waals surface area (Å²) in [6.45, 7) is 5.50. The van der Waals surface area contributed by atoms with Gasteiger partial charge in [0.15, 0.2) is 0 Å². The second kappa shape index (κ2) is 39.5. The molecule has 0 aliphatic heterocycles. The molecule has 0 fully saturated rings. The highest BCUT2D eigenvalue weighted by Gasteiger charge is 2.26. The molecule has 9 heteroatoms.